The molecule has 0 atom stereocenters. The monoisotopic (exact) mass is 593 g/mol. The van der Waals surface area contributed by atoms with Gasteiger partial charge in [-0.1, -0.05) is 38.4 Å². The minimum absolute atomic E-state index is 0.0145. The van der Waals surface area contributed by atoms with Gasteiger partial charge in [0.2, 0.25) is 5.95 Å². The van der Waals surface area contributed by atoms with E-state index in [0.29, 0.717) is 27.6 Å². The van der Waals surface area contributed by atoms with Gasteiger partial charge in [-0.3, -0.25) is 4.72 Å². The average Bonchev–Trinajstić information content (AvgIpc) is 3.55. The first-order valence-corrected chi connectivity index (χ1v) is 14.6. The van der Waals surface area contributed by atoms with E-state index in [0.717, 1.165) is 31.0 Å². The summed E-state index contributed by atoms with van der Waals surface area (Å²) in [5.41, 5.74) is -0.137. The number of anilines is 2. The van der Waals surface area contributed by atoms with E-state index in [1.807, 2.05) is 25.5 Å². The van der Waals surface area contributed by atoms with Crippen molar-refractivity contribution in [3.63, 3.8) is 0 Å². The van der Waals surface area contributed by atoms with Crippen molar-refractivity contribution >= 4 is 44.6 Å². The number of hydrogen-bond acceptors (Lipinski definition) is 7. The number of aromatic nitrogens is 3. The Morgan fingerprint density at radius 3 is 2.46 bits per heavy atom. The molecular weight excluding hydrogens is 571 g/mol. The fraction of sp³-hybridized carbons (Fsp3) is 0.269. The highest BCUT2D eigenvalue weighted by atomic mass is 35.5. The third-order valence-corrected chi connectivity index (χ3v) is 9.03. The van der Waals surface area contributed by atoms with Gasteiger partial charge >= 0.3 is 0 Å². The first-order valence-electron chi connectivity index (χ1n) is 11.9. The molecule has 204 valence electrons. The highest BCUT2D eigenvalue weighted by molar-refractivity contribution is 7.92. The zero-order valence-electron chi connectivity index (χ0n) is 21.0. The van der Waals surface area contributed by atoms with Gasteiger partial charge in [0, 0.05) is 23.2 Å². The molecule has 7 nitrogen and oxygen atoms in total. The largest absolute Gasteiger partial charge is 0.351 e. The Balaban J connectivity index is 1.60. The van der Waals surface area contributed by atoms with Crippen molar-refractivity contribution in [2.24, 2.45) is 0 Å². The smallest absolute Gasteiger partial charge is 0.267 e. The van der Waals surface area contributed by atoms with E-state index in [4.69, 9.17) is 16.6 Å². The molecule has 0 amide bonds. The second kappa shape index (κ2) is 10.1. The van der Waals surface area contributed by atoms with Crippen LogP contribution in [0, 0.1) is 17.5 Å². The van der Waals surface area contributed by atoms with Crippen molar-refractivity contribution in [1.82, 2.24) is 15.0 Å². The minimum Gasteiger partial charge on any atom is -0.351 e. The van der Waals surface area contributed by atoms with Crippen molar-refractivity contribution in [1.29, 1.82) is 0 Å². The lowest BCUT2D eigenvalue weighted by atomic mass is 9.98. The van der Waals surface area contributed by atoms with E-state index in [2.05, 4.69) is 15.3 Å². The fourth-order valence-electron chi connectivity index (χ4n) is 3.71. The molecular formula is C26H23ClF3N5O2S2. The zero-order valence-corrected chi connectivity index (χ0v) is 23.4. The Morgan fingerprint density at radius 2 is 1.77 bits per heavy atom. The van der Waals surface area contributed by atoms with Crippen LogP contribution in [-0.4, -0.2) is 29.4 Å². The third-order valence-electron chi connectivity index (χ3n) is 5.84. The molecule has 0 aliphatic heterocycles. The first-order chi connectivity index (χ1) is 18.3. The molecule has 0 bridgehead atoms. The Hall–Kier alpha value is -3.22. The predicted octanol–water partition coefficient (Wildman–Crippen LogP) is 7.01. The summed E-state index contributed by atoms with van der Waals surface area (Å²) in [5, 5.41) is 3.35. The number of benzene rings is 2. The molecule has 2 aromatic carbocycles. The Kier molecular flexibility index (Phi) is 7.06. The summed E-state index contributed by atoms with van der Waals surface area (Å²) < 4.78 is 72.4. The molecule has 1 fully saturated rings. The molecule has 2 heterocycles. The third kappa shape index (κ3) is 5.59. The van der Waals surface area contributed by atoms with E-state index < -0.39 is 43.1 Å². The highest BCUT2D eigenvalue weighted by Gasteiger charge is 2.30. The van der Waals surface area contributed by atoms with E-state index in [-0.39, 0.29) is 16.7 Å². The molecule has 1 aliphatic carbocycles. The number of nitrogens with zero attached hydrogens (tertiary/aromatic N) is 3. The molecule has 0 spiro atoms. The molecule has 1 aliphatic rings. The Bertz CT molecular complexity index is 1690. The van der Waals surface area contributed by atoms with Crippen LogP contribution in [0.15, 0.2) is 47.5 Å². The minimum atomic E-state index is -4.88. The lowest BCUT2D eigenvalue weighted by molar-refractivity contribution is 0.521. The van der Waals surface area contributed by atoms with Crippen LogP contribution in [0.5, 0.6) is 0 Å². The summed E-state index contributed by atoms with van der Waals surface area (Å²) in [7, 11) is -4.88. The average molecular weight is 594 g/mol. The summed E-state index contributed by atoms with van der Waals surface area (Å²) in [6, 6.07) is 7.64. The summed E-state index contributed by atoms with van der Waals surface area (Å²) in [4.78, 5) is 12.8. The van der Waals surface area contributed by atoms with Crippen LogP contribution in [0.4, 0.5) is 24.8 Å². The number of halogens is 4. The van der Waals surface area contributed by atoms with Crippen molar-refractivity contribution < 1.29 is 21.6 Å². The molecule has 1 saturated carbocycles. The van der Waals surface area contributed by atoms with Gasteiger partial charge < -0.3 is 5.32 Å². The van der Waals surface area contributed by atoms with Gasteiger partial charge in [-0.15, -0.1) is 11.3 Å². The molecule has 39 heavy (non-hydrogen) atoms. The van der Waals surface area contributed by atoms with E-state index in [1.165, 1.54) is 23.5 Å². The van der Waals surface area contributed by atoms with Crippen LogP contribution in [-0.2, 0) is 15.4 Å². The van der Waals surface area contributed by atoms with Crippen LogP contribution < -0.4 is 10.0 Å². The fourth-order valence-corrected chi connectivity index (χ4v) is 6.25. The lowest BCUT2D eigenvalue weighted by Gasteiger charge is -2.14. The van der Waals surface area contributed by atoms with Crippen molar-refractivity contribution in [2.75, 3.05) is 10.0 Å². The van der Waals surface area contributed by atoms with Gasteiger partial charge in [0.05, 0.1) is 32.0 Å². The van der Waals surface area contributed by atoms with Crippen LogP contribution in [0.2, 0.25) is 5.02 Å². The number of thiazole rings is 1. The maximum atomic E-state index is 15.9. The van der Waals surface area contributed by atoms with Crippen LogP contribution in [0.1, 0.15) is 38.6 Å². The Labute approximate surface area is 232 Å². The van der Waals surface area contributed by atoms with Gasteiger partial charge in [0.1, 0.15) is 5.82 Å². The lowest BCUT2D eigenvalue weighted by Crippen LogP contribution is -2.17. The number of nitrogens with one attached hydrogen (secondary N) is 2. The van der Waals surface area contributed by atoms with Crippen LogP contribution >= 0.6 is 22.9 Å². The van der Waals surface area contributed by atoms with E-state index in [9.17, 15) is 17.2 Å². The number of hydrogen-bond donors (Lipinski definition) is 2. The summed E-state index contributed by atoms with van der Waals surface area (Å²) in [6.45, 7) is 5.90. The number of rotatable bonds is 7. The summed E-state index contributed by atoms with van der Waals surface area (Å²) in [5.74, 6) is -3.37. The first kappa shape index (κ1) is 27.4. The molecule has 13 heteroatoms. The zero-order chi connectivity index (χ0) is 28.1. The van der Waals surface area contributed by atoms with Gasteiger partial charge in [0.15, 0.2) is 16.5 Å². The molecule has 5 rings (SSSR count). The van der Waals surface area contributed by atoms with E-state index >= 15 is 4.39 Å². The second-order valence-corrected chi connectivity index (χ2v) is 13.1. The second-order valence-electron chi connectivity index (χ2n) is 10.1. The molecule has 2 aromatic heterocycles. The summed E-state index contributed by atoms with van der Waals surface area (Å²) in [6.07, 6.45) is 3.66. The molecule has 0 saturated heterocycles. The Morgan fingerprint density at radius 1 is 1.03 bits per heavy atom. The van der Waals surface area contributed by atoms with Gasteiger partial charge in [-0.05, 0) is 43.2 Å². The van der Waals surface area contributed by atoms with E-state index in [1.54, 1.807) is 12.3 Å². The standard InChI is InChI=1S/C26H23ClF3N5O2S2/c1-26(2,3)24-34-21(22(38-24)18-11-12-31-25(33-18)32-13-7-8-13)14-5-4-6-17(19(14)29)35-39(36,37)23-16(28)10-9-15(27)20(23)30/h4-6,9-13,35H,7-8H2,1-3H3,(H,31,32,33). The maximum Gasteiger partial charge on any atom is 0.267 e. The van der Waals surface area contributed by atoms with Gasteiger partial charge in [0.25, 0.3) is 10.0 Å². The SMILES string of the molecule is CC(C)(C)c1nc(-c2cccc(NS(=O)(=O)c3c(F)ccc(Cl)c3F)c2F)c(-c2ccnc(NC3CC3)n2)s1. The quantitative estimate of drug-likeness (QED) is 0.224. The maximum absolute atomic E-state index is 15.9. The van der Waals surface area contributed by atoms with Crippen molar-refractivity contribution in [2.45, 2.75) is 50.0 Å². The van der Waals surface area contributed by atoms with Crippen LogP contribution in [0.3, 0.4) is 0 Å². The van der Waals surface area contributed by atoms with Crippen molar-refractivity contribution in [3.05, 3.63) is 70.1 Å². The van der Waals surface area contributed by atoms with Gasteiger partial charge in [-0.25, -0.2) is 36.5 Å². The van der Waals surface area contributed by atoms with Crippen LogP contribution in [0.25, 0.3) is 21.8 Å². The molecule has 0 radical (unpaired) electrons. The van der Waals surface area contributed by atoms with Gasteiger partial charge in [-0.2, -0.15) is 0 Å². The topological polar surface area (TPSA) is 96.9 Å². The van der Waals surface area contributed by atoms with Crippen molar-refractivity contribution in [3.8, 4) is 21.8 Å². The predicted molar refractivity (Wildman–Crippen MR) is 146 cm³/mol. The molecule has 2 N–H and O–H groups in total. The normalized spacial score (nSPS) is 13.9. The molecule has 0 unspecified atom stereocenters. The highest BCUT2D eigenvalue weighted by Crippen LogP contribution is 2.42. The number of sulfonamides is 1. The molecule has 4 aromatic rings. The summed E-state index contributed by atoms with van der Waals surface area (Å²) >= 11 is 7.00.